The molecule has 0 bridgehead atoms. The molecule has 8 heteroatoms. The quantitative estimate of drug-likeness (QED) is 0.590. The number of halogens is 1. The molecule has 2 aromatic carbocycles. The molecule has 162 valence electrons. The summed E-state index contributed by atoms with van der Waals surface area (Å²) in [6, 6.07) is 14.0. The molecule has 4 rings (SSSR count). The molecule has 0 unspecified atom stereocenters. The van der Waals surface area contributed by atoms with Crippen LogP contribution < -0.4 is 19.5 Å². The minimum Gasteiger partial charge on any atom is -0.493 e. The first-order valence-electron chi connectivity index (χ1n) is 9.84. The van der Waals surface area contributed by atoms with Crippen molar-refractivity contribution in [1.29, 1.82) is 0 Å². The van der Waals surface area contributed by atoms with Crippen LogP contribution in [0.25, 0.3) is 0 Å². The highest BCUT2D eigenvalue weighted by Crippen LogP contribution is 2.43. The number of rotatable bonds is 5. The van der Waals surface area contributed by atoms with Crippen molar-refractivity contribution >= 4 is 23.0 Å². The van der Waals surface area contributed by atoms with Gasteiger partial charge < -0.3 is 29.0 Å². The Morgan fingerprint density at radius 1 is 1.00 bits per heavy atom. The monoisotopic (exact) mass is 441 g/mol. The molecule has 2 heterocycles. The molecule has 1 atom stereocenters. The minimum atomic E-state index is -0.289. The van der Waals surface area contributed by atoms with Crippen LogP contribution in [0.5, 0.6) is 17.2 Å². The molecule has 31 heavy (non-hydrogen) atoms. The second-order valence-corrected chi connectivity index (χ2v) is 7.50. The summed E-state index contributed by atoms with van der Waals surface area (Å²) < 4.78 is 32.1. The zero-order chi connectivity index (χ0) is 22.0. The molecule has 0 radical (unpaired) electrons. The van der Waals surface area contributed by atoms with Crippen LogP contribution in [0, 0.1) is 5.82 Å². The van der Waals surface area contributed by atoms with E-state index in [0.717, 1.165) is 23.5 Å². The van der Waals surface area contributed by atoms with E-state index in [4.69, 9.17) is 26.4 Å². The first kappa shape index (κ1) is 21.0. The zero-order valence-electron chi connectivity index (χ0n) is 17.6. The van der Waals surface area contributed by atoms with Crippen molar-refractivity contribution in [3.63, 3.8) is 0 Å². The largest absolute Gasteiger partial charge is 0.493 e. The Labute approximate surface area is 186 Å². The van der Waals surface area contributed by atoms with Crippen molar-refractivity contribution in [1.82, 2.24) is 9.47 Å². The van der Waals surface area contributed by atoms with E-state index in [0.29, 0.717) is 28.9 Å². The van der Waals surface area contributed by atoms with Gasteiger partial charge in [0.1, 0.15) is 5.82 Å². The highest BCUT2D eigenvalue weighted by atomic mass is 32.1. The fourth-order valence-electron chi connectivity index (χ4n) is 3.94. The van der Waals surface area contributed by atoms with Crippen LogP contribution in [0.15, 0.2) is 54.7 Å². The molecular formula is C23H24FN3O3S. The summed E-state index contributed by atoms with van der Waals surface area (Å²) in [5.74, 6) is 1.41. The summed E-state index contributed by atoms with van der Waals surface area (Å²) in [6.07, 6.45) is 2.06. The van der Waals surface area contributed by atoms with E-state index >= 15 is 0 Å². The fourth-order valence-corrected chi connectivity index (χ4v) is 4.26. The van der Waals surface area contributed by atoms with Crippen LogP contribution in [-0.2, 0) is 6.54 Å². The van der Waals surface area contributed by atoms with Crippen molar-refractivity contribution < 1.29 is 18.6 Å². The highest BCUT2D eigenvalue weighted by Gasteiger charge is 2.32. The summed E-state index contributed by atoms with van der Waals surface area (Å²) in [5.41, 5.74) is 2.79. The lowest BCUT2D eigenvalue weighted by molar-refractivity contribution is 0.288. The normalized spacial score (nSPS) is 15.2. The number of methoxy groups -OCH3 is 3. The third-order valence-corrected chi connectivity index (χ3v) is 5.73. The molecule has 1 aliphatic rings. The summed E-state index contributed by atoms with van der Waals surface area (Å²) in [5, 5.41) is 3.79. The molecule has 3 aromatic rings. The van der Waals surface area contributed by atoms with E-state index in [9.17, 15) is 4.39 Å². The zero-order valence-corrected chi connectivity index (χ0v) is 18.4. The van der Waals surface area contributed by atoms with E-state index in [1.54, 1.807) is 33.5 Å². The highest BCUT2D eigenvalue weighted by molar-refractivity contribution is 7.80. The van der Waals surface area contributed by atoms with Gasteiger partial charge in [0.25, 0.3) is 0 Å². The van der Waals surface area contributed by atoms with Crippen molar-refractivity contribution in [2.24, 2.45) is 0 Å². The molecule has 1 aromatic heterocycles. The lowest BCUT2D eigenvalue weighted by Gasteiger charge is -2.39. The van der Waals surface area contributed by atoms with E-state index < -0.39 is 0 Å². The molecule has 0 amide bonds. The number of hydrogen-bond donors (Lipinski definition) is 1. The number of benzene rings is 2. The van der Waals surface area contributed by atoms with E-state index in [1.807, 2.05) is 18.2 Å². The number of hydrogen-bond acceptors (Lipinski definition) is 4. The number of nitrogens with zero attached hydrogens (tertiary/aromatic N) is 2. The Morgan fingerprint density at radius 3 is 2.29 bits per heavy atom. The molecule has 0 saturated carbocycles. The second kappa shape index (κ2) is 8.85. The number of fused-ring (bicyclic) bond motifs is 1. The van der Waals surface area contributed by atoms with E-state index in [-0.39, 0.29) is 11.9 Å². The molecule has 1 aliphatic heterocycles. The van der Waals surface area contributed by atoms with Gasteiger partial charge in [-0.25, -0.2) is 4.39 Å². The van der Waals surface area contributed by atoms with Gasteiger partial charge in [-0.3, -0.25) is 0 Å². The molecule has 6 nitrogen and oxygen atoms in total. The van der Waals surface area contributed by atoms with Crippen LogP contribution in [0.2, 0.25) is 0 Å². The molecule has 1 N–H and O–H groups in total. The Balaban J connectivity index is 1.75. The van der Waals surface area contributed by atoms with Crippen LogP contribution in [0.3, 0.4) is 0 Å². The van der Waals surface area contributed by atoms with Gasteiger partial charge >= 0.3 is 0 Å². The molecule has 0 spiro atoms. The topological polar surface area (TPSA) is 47.9 Å². The minimum absolute atomic E-state index is 0.169. The summed E-state index contributed by atoms with van der Waals surface area (Å²) in [6.45, 7) is 1.50. The maximum atomic E-state index is 13.3. The number of thiocarbonyl (C=S) groups is 1. The van der Waals surface area contributed by atoms with Crippen LogP contribution in [0.1, 0.15) is 17.3 Å². The molecular weight excluding hydrogens is 417 g/mol. The Bertz CT molecular complexity index is 1060. The van der Waals surface area contributed by atoms with Crippen molar-refractivity contribution in [3.05, 3.63) is 71.8 Å². The SMILES string of the molecule is COc1cc([C@@H]2c3cccn3CCN2C(=S)Nc2ccc(F)cc2)cc(OC)c1OC. The van der Waals surface area contributed by atoms with Crippen molar-refractivity contribution in [3.8, 4) is 17.2 Å². The molecule has 0 fully saturated rings. The van der Waals surface area contributed by atoms with E-state index in [2.05, 4.69) is 27.0 Å². The number of nitrogens with one attached hydrogen (secondary N) is 1. The average Bonchev–Trinajstić information content (AvgIpc) is 3.27. The Kier molecular flexibility index (Phi) is 5.99. The number of ether oxygens (including phenoxy) is 3. The first-order chi connectivity index (χ1) is 15.0. The van der Waals surface area contributed by atoms with Crippen LogP contribution >= 0.6 is 12.2 Å². The predicted molar refractivity (Wildman–Crippen MR) is 122 cm³/mol. The van der Waals surface area contributed by atoms with Crippen LogP contribution in [-0.4, -0.2) is 42.5 Å². The van der Waals surface area contributed by atoms with Gasteiger partial charge in [-0.15, -0.1) is 0 Å². The van der Waals surface area contributed by atoms with Gasteiger partial charge in [-0.1, -0.05) is 0 Å². The second-order valence-electron chi connectivity index (χ2n) is 7.12. The van der Waals surface area contributed by atoms with Gasteiger partial charge in [-0.2, -0.15) is 0 Å². The first-order valence-corrected chi connectivity index (χ1v) is 10.2. The summed E-state index contributed by atoms with van der Waals surface area (Å²) in [7, 11) is 4.78. The van der Waals surface area contributed by atoms with Crippen molar-refractivity contribution in [2.45, 2.75) is 12.6 Å². The van der Waals surface area contributed by atoms with Gasteiger partial charge in [0.15, 0.2) is 16.6 Å². The third kappa shape index (κ3) is 4.03. The third-order valence-electron chi connectivity index (χ3n) is 5.40. The number of anilines is 1. The maximum Gasteiger partial charge on any atom is 0.203 e. The van der Waals surface area contributed by atoms with Gasteiger partial charge in [0.2, 0.25) is 5.75 Å². The van der Waals surface area contributed by atoms with Gasteiger partial charge in [0.05, 0.1) is 27.4 Å². The Morgan fingerprint density at radius 2 is 1.68 bits per heavy atom. The van der Waals surface area contributed by atoms with Crippen LogP contribution in [0.4, 0.5) is 10.1 Å². The van der Waals surface area contributed by atoms with Crippen molar-refractivity contribution in [2.75, 3.05) is 33.2 Å². The smallest absolute Gasteiger partial charge is 0.203 e. The van der Waals surface area contributed by atoms with E-state index in [1.165, 1.54) is 12.1 Å². The maximum absolute atomic E-state index is 13.3. The average molecular weight is 442 g/mol. The van der Waals surface area contributed by atoms with Gasteiger partial charge in [0, 0.05) is 30.7 Å². The number of aromatic nitrogens is 1. The molecule has 0 aliphatic carbocycles. The lowest BCUT2D eigenvalue weighted by atomic mass is 9.99. The van der Waals surface area contributed by atoms with Gasteiger partial charge in [-0.05, 0) is 66.3 Å². The fraction of sp³-hybridized carbons (Fsp3) is 0.261. The summed E-state index contributed by atoms with van der Waals surface area (Å²) in [4.78, 5) is 2.12. The standard InChI is InChI=1S/C23H24FN3O3S/c1-28-19-13-15(14-20(29-2)22(19)30-3)21-18-5-4-10-26(18)11-12-27(21)23(31)25-17-8-6-16(24)7-9-17/h4-10,13-14,21H,11-12H2,1-3H3,(H,25,31)/t21-/m1/s1. The Hall–Kier alpha value is -3.26. The predicted octanol–water partition coefficient (Wildman–Crippen LogP) is 4.46. The lowest BCUT2D eigenvalue weighted by Crippen LogP contribution is -2.44. The molecule has 0 saturated heterocycles. The summed E-state index contributed by atoms with van der Waals surface area (Å²) >= 11 is 5.76.